The first-order valence-electron chi connectivity index (χ1n) is 5.97. The van der Waals surface area contributed by atoms with Crippen LogP contribution in [-0.2, 0) is 11.2 Å². The van der Waals surface area contributed by atoms with Gasteiger partial charge in [-0.05, 0) is 18.6 Å². The number of carbonyl (C=O) groups is 1. The number of aromatic nitrogens is 1. The topological polar surface area (TPSA) is 88.6 Å². The third kappa shape index (κ3) is 2.32. The fraction of sp³-hybridized carbons (Fsp3) is 0.286. The molecule has 0 fully saturated rings. The van der Waals surface area contributed by atoms with Crippen molar-refractivity contribution in [1.29, 1.82) is 0 Å². The Bertz CT molecular complexity index is 732. The number of fused-ring (bicyclic) bond motifs is 1. The van der Waals surface area contributed by atoms with E-state index in [1.807, 2.05) is 0 Å². The number of nitrogens with one attached hydrogen (secondary N) is 1. The molecule has 0 saturated heterocycles. The molecule has 0 aliphatic carbocycles. The van der Waals surface area contributed by atoms with Crippen LogP contribution in [0.25, 0.3) is 10.9 Å². The lowest BCUT2D eigenvalue weighted by Crippen LogP contribution is -2.18. The van der Waals surface area contributed by atoms with Gasteiger partial charge in [0.15, 0.2) is 0 Å². The van der Waals surface area contributed by atoms with Crippen LogP contribution in [0, 0.1) is 6.92 Å². The van der Waals surface area contributed by atoms with Gasteiger partial charge in [0.1, 0.15) is 11.5 Å². The van der Waals surface area contributed by atoms with E-state index in [1.165, 1.54) is 14.2 Å². The summed E-state index contributed by atoms with van der Waals surface area (Å²) in [6.45, 7) is 1.72. The number of carboxylic acids is 1. The molecule has 0 spiro atoms. The minimum Gasteiger partial charge on any atom is -0.497 e. The average Bonchev–Trinajstić information content (AvgIpc) is 2.42. The molecule has 0 saturated carbocycles. The van der Waals surface area contributed by atoms with Crippen LogP contribution >= 0.6 is 0 Å². The van der Waals surface area contributed by atoms with Gasteiger partial charge in [-0.1, -0.05) is 0 Å². The fourth-order valence-electron chi connectivity index (χ4n) is 2.18. The Labute approximate surface area is 115 Å². The number of aromatic amines is 1. The molecule has 2 aromatic rings. The molecule has 0 radical (unpaired) electrons. The van der Waals surface area contributed by atoms with Crippen LogP contribution in [0.2, 0.25) is 0 Å². The monoisotopic (exact) mass is 277 g/mol. The second-order valence-corrected chi connectivity index (χ2v) is 4.38. The standard InChI is InChI=1S/C14H15NO5/c1-7-9-4-8(19-2)5-11(20-3)13(9)15-14(18)10(7)6-12(16)17/h4-5H,6H2,1-3H3,(H,15,18)(H,16,17). The molecule has 0 amide bonds. The van der Waals surface area contributed by atoms with Crippen molar-refractivity contribution in [3.05, 3.63) is 33.6 Å². The number of H-pyrrole nitrogens is 1. The van der Waals surface area contributed by atoms with E-state index >= 15 is 0 Å². The Morgan fingerprint density at radius 2 is 2.00 bits per heavy atom. The smallest absolute Gasteiger partial charge is 0.308 e. The van der Waals surface area contributed by atoms with Crippen LogP contribution in [0.1, 0.15) is 11.1 Å². The third-order valence-electron chi connectivity index (χ3n) is 3.23. The molecule has 0 aliphatic rings. The van der Waals surface area contributed by atoms with Crippen LogP contribution in [0.5, 0.6) is 11.5 Å². The minimum absolute atomic E-state index is 0.236. The number of pyridine rings is 1. The first kappa shape index (κ1) is 13.9. The van der Waals surface area contributed by atoms with Crippen LogP contribution in [0.15, 0.2) is 16.9 Å². The van der Waals surface area contributed by atoms with Gasteiger partial charge in [-0.2, -0.15) is 0 Å². The van der Waals surface area contributed by atoms with Gasteiger partial charge in [-0.3, -0.25) is 9.59 Å². The molecule has 0 atom stereocenters. The van der Waals surface area contributed by atoms with E-state index in [0.717, 1.165) is 0 Å². The average molecular weight is 277 g/mol. The highest BCUT2D eigenvalue weighted by atomic mass is 16.5. The minimum atomic E-state index is -1.05. The van der Waals surface area contributed by atoms with Crippen molar-refractivity contribution < 1.29 is 19.4 Å². The van der Waals surface area contributed by atoms with Crippen LogP contribution in [0.4, 0.5) is 0 Å². The molecular weight excluding hydrogens is 262 g/mol. The van der Waals surface area contributed by atoms with Crippen molar-refractivity contribution in [3.63, 3.8) is 0 Å². The Balaban J connectivity index is 2.83. The molecule has 1 aromatic heterocycles. The predicted molar refractivity (Wildman–Crippen MR) is 73.7 cm³/mol. The molecule has 6 nitrogen and oxygen atoms in total. The maximum Gasteiger partial charge on any atom is 0.308 e. The molecule has 2 N–H and O–H groups in total. The summed E-state index contributed by atoms with van der Waals surface area (Å²) in [6.07, 6.45) is -0.323. The molecule has 106 valence electrons. The number of benzene rings is 1. The number of hydrogen-bond donors (Lipinski definition) is 2. The van der Waals surface area contributed by atoms with Crippen LogP contribution in [0.3, 0.4) is 0 Å². The first-order valence-corrected chi connectivity index (χ1v) is 5.97. The molecule has 6 heteroatoms. The number of aryl methyl sites for hydroxylation is 1. The highest BCUT2D eigenvalue weighted by Crippen LogP contribution is 2.31. The molecule has 1 aromatic carbocycles. The Hall–Kier alpha value is -2.50. The van der Waals surface area contributed by atoms with Crippen LogP contribution in [-0.4, -0.2) is 30.3 Å². The van der Waals surface area contributed by atoms with Gasteiger partial charge in [0, 0.05) is 17.0 Å². The van der Waals surface area contributed by atoms with Gasteiger partial charge in [0.05, 0.1) is 26.2 Å². The first-order chi connectivity index (χ1) is 9.47. The number of aliphatic carboxylic acids is 1. The highest BCUT2D eigenvalue weighted by molar-refractivity contribution is 5.90. The SMILES string of the molecule is COc1cc(OC)c2[nH]c(=O)c(CC(=O)O)c(C)c2c1. The second-order valence-electron chi connectivity index (χ2n) is 4.38. The molecule has 20 heavy (non-hydrogen) atoms. The van der Waals surface area contributed by atoms with Crippen molar-refractivity contribution in [1.82, 2.24) is 4.98 Å². The number of hydrogen-bond acceptors (Lipinski definition) is 4. The summed E-state index contributed by atoms with van der Waals surface area (Å²) < 4.78 is 10.4. The normalized spacial score (nSPS) is 10.6. The van der Waals surface area contributed by atoms with Gasteiger partial charge in [-0.25, -0.2) is 0 Å². The van der Waals surface area contributed by atoms with Gasteiger partial charge in [0.2, 0.25) is 0 Å². The quantitative estimate of drug-likeness (QED) is 0.883. The van der Waals surface area contributed by atoms with E-state index in [9.17, 15) is 9.59 Å². The Morgan fingerprint density at radius 3 is 2.55 bits per heavy atom. The largest absolute Gasteiger partial charge is 0.497 e. The zero-order chi connectivity index (χ0) is 14.9. The van der Waals surface area contributed by atoms with Crippen molar-refractivity contribution in [3.8, 4) is 11.5 Å². The number of carboxylic acid groups (broad SMARTS) is 1. The van der Waals surface area contributed by atoms with Crippen molar-refractivity contribution in [2.45, 2.75) is 13.3 Å². The van der Waals surface area contributed by atoms with E-state index in [2.05, 4.69) is 4.98 Å². The fourth-order valence-corrected chi connectivity index (χ4v) is 2.18. The number of rotatable bonds is 4. The Kier molecular flexibility index (Phi) is 3.65. The summed E-state index contributed by atoms with van der Waals surface area (Å²) in [6, 6.07) is 3.41. The lowest BCUT2D eigenvalue weighted by Gasteiger charge is -2.12. The second kappa shape index (κ2) is 5.24. The summed E-state index contributed by atoms with van der Waals surface area (Å²) in [4.78, 5) is 25.5. The molecular formula is C14H15NO5. The summed E-state index contributed by atoms with van der Waals surface area (Å²) in [5.74, 6) is 0.00000934. The molecule has 0 unspecified atom stereocenters. The van der Waals surface area contributed by atoms with Gasteiger partial charge in [-0.15, -0.1) is 0 Å². The zero-order valence-electron chi connectivity index (χ0n) is 11.4. The summed E-state index contributed by atoms with van der Waals surface area (Å²) in [5, 5.41) is 9.59. The maximum absolute atomic E-state index is 12.0. The van der Waals surface area contributed by atoms with E-state index in [-0.39, 0.29) is 12.0 Å². The lowest BCUT2D eigenvalue weighted by molar-refractivity contribution is -0.136. The lowest BCUT2D eigenvalue weighted by atomic mass is 10.0. The van der Waals surface area contributed by atoms with Gasteiger partial charge >= 0.3 is 5.97 Å². The maximum atomic E-state index is 12.0. The van der Waals surface area contributed by atoms with Crippen molar-refractivity contribution in [2.75, 3.05) is 14.2 Å². The van der Waals surface area contributed by atoms with Crippen molar-refractivity contribution in [2.24, 2.45) is 0 Å². The third-order valence-corrected chi connectivity index (χ3v) is 3.23. The summed E-state index contributed by atoms with van der Waals surface area (Å²) in [5.41, 5.74) is 0.967. The van der Waals surface area contributed by atoms with E-state index in [0.29, 0.717) is 28.0 Å². The van der Waals surface area contributed by atoms with Gasteiger partial charge in [0.25, 0.3) is 5.56 Å². The molecule has 0 aliphatic heterocycles. The number of ether oxygens (including phenoxy) is 2. The predicted octanol–water partition coefficient (Wildman–Crippen LogP) is 1.48. The van der Waals surface area contributed by atoms with Gasteiger partial charge < -0.3 is 19.6 Å². The number of methoxy groups -OCH3 is 2. The molecule has 0 bridgehead atoms. The van der Waals surface area contributed by atoms with Crippen LogP contribution < -0.4 is 15.0 Å². The van der Waals surface area contributed by atoms with E-state index < -0.39 is 11.5 Å². The van der Waals surface area contributed by atoms with E-state index in [4.69, 9.17) is 14.6 Å². The highest BCUT2D eigenvalue weighted by Gasteiger charge is 2.15. The molecule has 1 heterocycles. The van der Waals surface area contributed by atoms with Crippen molar-refractivity contribution >= 4 is 16.9 Å². The Morgan fingerprint density at radius 1 is 1.30 bits per heavy atom. The van der Waals surface area contributed by atoms with E-state index in [1.54, 1.807) is 19.1 Å². The summed E-state index contributed by atoms with van der Waals surface area (Å²) in [7, 11) is 3.02. The zero-order valence-corrected chi connectivity index (χ0v) is 11.4. The summed E-state index contributed by atoms with van der Waals surface area (Å²) >= 11 is 0. The molecule has 2 rings (SSSR count).